The molecule has 0 unspecified atom stereocenters. The summed E-state index contributed by atoms with van der Waals surface area (Å²) in [5.74, 6) is -1.42. The second-order valence-electron chi connectivity index (χ2n) is 5.40. The van der Waals surface area contributed by atoms with Gasteiger partial charge in [0.2, 0.25) is 0 Å². The van der Waals surface area contributed by atoms with Crippen molar-refractivity contribution < 1.29 is 23.9 Å². The minimum Gasteiger partial charge on any atom is -0.466 e. The summed E-state index contributed by atoms with van der Waals surface area (Å²) in [6, 6.07) is 9.35. The summed E-state index contributed by atoms with van der Waals surface area (Å²) < 4.78 is 10.9. The number of amides is 1. The lowest BCUT2D eigenvalue weighted by Gasteiger charge is -2.03. The van der Waals surface area contributed by atoms with Crippen LogP contribution in [-0.4, -0.2) is 36.0 Å². The number of thiophene rings is 1. The zero-order valence-electron chi connectivity index (χ0n) is 14.4. The van der Waals surface area contributed by atoms with E-state index in [1.165, 1.54) is 22.7 Å². The second-order valence-corrected chi connectivity index (χ2v) is 7.34. The molecule has 0 radical (unpaired) electrons. The van der Waals surface area contributed by atoms with Gasteiger partial charge in [0.1, 0.15) is 4.88 Å². The Morgan fingerprint density at radius 3 is 2.78 bits per heavy atom. The highest BCUT2D eigenvalue weighted by Crippen LogP contribution is 2.25. The molecule has 0 aliphatic carbocycles. The van der Waals surface area contributed by atoms with Crippen molar-refractivity contribution in [3.05, 3.63) is 46.3 Å². The van der Waals surface area contributed by atoms with Crippen LogP contribution in [0.4, 0.5) is 5.13 Å². The van der Waals surface area contributed by atoms with Crippen molar-refractivity contribution in [2.45, 2.75) is 13.3 Å². The lowest BCUT2D eigenvalue weighted by Crippen LogP contribution is -2.20. The maximum Gasteiger partial charge on any atom is 0.348 e. The topological polar surface area (TPSA) is 94.6 Å². The maximum atomic E-state index is 12.1. The molecular formula is C18H16N2O5S2. The lowest BCUT2D eigenvalue weighted by molar-refractivity contribution is -0.142. The Morgan fingerprint density at radius 2 is 2.00 bits per heavy atom. The third-order valence-electron chi connectivity index (χ3n) is 3.39. The zero-order valence-corrected chi connectivity index (χ0v) is 16.0. The quantitative estimate of drug-likeness (QED) is 0.608. The van der Waals surface area contributed by atoms with Crippen molar-refractivity contribution in [3.63, 3.8) is 0 Å². The highest BCUT2D eigenvalue weighted by molar-refractivity contribution is 7.20. The van der Waals surface area contributed by atoms with Crippen molar-refractivity contribution >= 4 is 55.7 Å². The summed E-state index contributed by atoms with van der Waals surface area (Å²) in [6.07, 6.45) is 0.0428. The van der Waals surface area contributed by atoms with E-state index >= 15 is 0 Å². The first kappa shape index (κ1) is 19.0. The normalized spacial score (nSPS) is 10.6. The van der Waals surface area contributed by atoms with Gasteiger partial charge in [-0.1, -0.05) is 18.2 Å². The smallest absolute Gasteiger partial charge is 0.348 e. The summed E-state index contributed by atoms with van der Waals surface area (Å²) in [7, 11) is 0. The van der Waals surface area contributed by atoms with Crippen LogP contribution in [0.1, 0.15) is 22.3 Å². The van der Waals surface area contributed by atoms with E-state index in [2.05, 4.69) is 10.3 Å². The number of benzene rings is 1. The highest BCUT2D eigenvalue weighted by Gasteiger charge is 2.15. The number of anilines is 1. The van der Waals surface area contributed by atoms with E-state index in [0.29, 0.717) is 22.3 Å². The van der Waals surface area contributed by atoms with Crippen molar-refractivity contribution in [3.8, 4) is 0 Å². The Morgan fingerprint density at radius 1 is 1.19 bits per heavy atom. The SMILES string of the molecule is CCOC(=O)Cc1csc(NC(=O)COC(=O)c2cc3ccccc3s2)n1. The number of nitrogens with one attached hydrogen (secondary N) is 1. The molecule has 9 heteroatoms. The first-order valence-corrected chi connectivity index (χ1v) is 9.80. The van der Waals surface area contributed by atoms with E-state index in [1.54, 1.807) is 18.4 Å². The summed E-state index contributed by atoms with van der Waals surface area (Å²) in [5, 5.41) is 5.49. The number of thiazole rings is 1. The Kier molecular flexibility index (Phi) is 6.15. The van der Waals surface area contributed by atoms with Crippen LogP contribution < -0.4 is 5.32 Å². The van der Waals surface area contributed by atoms with Gasteiger partial charge in [-0.15, -0.1) is 22.7 Å². The molecule has 0 saturated heterocycles. The number of carbonyl (C=O) groups excluding carboxylic acids is 3. The molecule has 1 amide bonds. The van der Waals surface area contributed by atoms with Gasteiger partial charge in [0.15, 0.2) is 11.7 Å². The molecule has 0 aliphatic rings. The number of hydrogen-bond donors (Lipinski definition) is 1. The Bertz CT molecular complexity index is 946. The number of aromatic nitrogens is 1. The van der Waals surface area contributed by atoms with Crippen LogP contribution in [-0.2, 0) is 25.5 Å². The van der Waals surface area contributed by atoms with Gasteiger partial charge < -0.3 is 9.47 Å². The molecule has 0 saturated carbocycles. The number of hydrogen-bond acceptors (Lipinski definition) is 8. The number of carbonyl (C=O) groups is 3. The predicted octanol–water partition coefficient (Wildman–Crippen LogP) is 3.26. The Hall–Kier alpha value is -2.78. The largest absolute Gasteiger partial charge is 0.466 e. The minimum atomic E-state index is -0.548. The molecule has 0 aliphatic heterocycles. The minimum absolute atomic E-state index is 0.0428. The van der Waals surface area contributed by atoms with Gasteiger partial charge in [-0.2, -0.15) is 0 Å². The standard InChI is InChI=1S/C18H16N2O5S2/c1-2-24-16(22)8-12-10-26-18(19-12)20-15(21)9-25-17(23)14-7-11-5-3-4-6-13(11)27-14/h3-7,10H,2,8-9H2,1H3,(H,19,20,21). The third-order valence-corrected chi connectivity index (χ3v) is 5.29. The molecular weight excluding hydrogens is 388 g/mol. The zero-order chi connectivity index (χ0) is 19.2. The molecule has 0 spiro atoms. The molecule has 1 N–H and O–H groups in total. The first-order valence-electron chi connectivity index (χ1n) is 8.10. The first-order chi connectivity index (χ1) is 13.0. The number of ether oxygens (including phenoxy) is 2. The van der Waals surface area contributed by atoms with Crippen molar-refractivity contribution in [2.24, 2.45) is 0 Å². The monoisotopic (exact) mass is 404 g/mol. The van der Waals surface area contributed by atoms with Crippen LogP contribution in [0.2, 0.25) is 0 Å². The molecule has 3 rings (SSSR count). The summed E-state index contributed by atoms with van der Waals surface area (Å²) in [6.45, 7) is 1.61. The van der Waals surface area contributed by atoms with Gasteiger partial charge >= 0.3 is 11.9 Å². The second kappa shape index (κ2) is 8.74. The van der Waals surface area contributed by atoms with E-state index < -0.39 is 18.5 Å². The molecule has 0 atom stereocenters. The van der Waals surface area contributed by atoms with Crippen LogP contribution in [0.5, 0.6) is 0 Å². The van der Waals surface area contributed by atoms with E-state index in [-0.39, 0.29) is 12.4 Å². The molecule has 140 valence electrons. The summed E-state index contributed by atoms with van der Waals surface area (Å²) >= 11 is 2.50. The van der Waals surface area contributed by atoms with Crippen LogP contribution >= 0.6 is 22.7 Å². The highest BCUT2D eigenvalue weighted by atomic mass is 32.1. The van der Waals surface area contributed by atoms with Crippen LogP contribution in [0.3, 0.4) is 0 Å². The van der Waals surface area contributed by atoms with Gasteiger partial charge in [0, 0.05) is 10.1 Å². The van der Waals surface area contributed by atoms with Crippen molar-refractivity contribution in [1.82, 2.24) is 4.98 Å². The van der Waals surface area contributed by atoms with Crippen LogP contribution in [0.25, 0.3) is 10.1 Å². The van der Waals surface area contributed by atoms with E-state index in [4.69, 9.17) is 9.47 Å². The molecule has 7 nitrogen and oxygen atoms in total. The van der Waals surface area contributed by atoms with Crippen LogP contribution in [0.15, 0.2) is 35.7 Å². The molecule has 27 heavy (non-hydrogen) atoms. The molecule has 2 aromatic heterocycles. The molecule has 0 bridgehead atoms. The van der Waals surface area contributed by atoms with E-state index in [0.717, 1.165) is 10.1 Å². The van der Waals surface area contributed by atoms with Crippen LogP contribution in [0, 0.1) is 0 Å². The summed E-state index contributed by atoms with van der Waals surface area (Å²) in [5.41, 5.74) is 0.510. The van der Waals surface area contributed by atoms with Gasteiger partial charge in [0.05, 0.1) is 18.7 Å². The number of esters is 2. The Labute approximate surface area is 162 Å². The predicted molar refractivity (Wildman–Crippen MR) is 103 cm³/mol. The van der Waals surface area contributed by atoms with E-state index in [9.17, 15) is 14.4 Å². The molecule has 2 heterocycles. The fourth-order valence-electron chi connectivity index (χ4n) is 2.25. The van der Waals surface area contributed by atoms with Gasteiger partial charge in [-0.3, -0.25) is 14.9 Å². The fourth-order valence-corrected chi connectivity index (χ4v) is 3.93. The Balaban J connectivity index is 1.50. The number of fused-ring (bicyclic) bond motifs is 1. The average Bonchev–Trinajstić information content (AvgIpc) is 3.26. The van der Waals surface area contributed by atoms with Gasteiger partial charge in [-0.25, -0.2) is 9.78 Å². The molecule has 1 aromatic carbocycles. The van der Waals surface area contributed by atoms with Crippen molar-refractivity contribution in [2.75, 3.05) is 18.5 Å². The maximum absolute atomic E-state index is 12.1. The molecule has 3 aromatic rings. The van der Waals surface area contributed by atoms with Gasteiger partial charge in [0.25, 0.3) is 5.91 Å². The fraction of sp³-hybridized carbons (Fsp3) is 0.222. The molecule has 0 fully saturated rings. The lowest BCUT2D eigenvalue weighted by atomic mass is 10.2. The van der Waals surface area contributed by atoms with Crippen molar-refractivity contribution in [1.29, 1.82) is 0 Å². The third kappa shape index (κ3) is 5.11. The average molecular weight is 404 g/mol. The van der Waals surface area contributed by atoms with Gasteiger partial charge in [-0.05, 0) is 24.4 Å². The number of nitrogens with zero attached hydrogens (tertiary/aromatic N) is 1. The van der Waals surface area contributed by atoms with E-state index in [1.807, 2.05) is 24.3 Å². The number of rotatable bonds is 7. The summed E-state index contributed by atoms with van der Waals surface area (Å²) in [4.78, 5) is 40.0.